The number of rotatable bonds is 6. The molecule has 0 unspecified atom stereocenters. The number of nitrogens with zero attached hydrogens (tertiary/aromatic N) is 4. The van der Waals surface area contributed by atoms with E-state index in [1.807, 2.05) is 0 Å². The van der Waals surface area contributed by atoms with Crippen molar-refractivity contribution in [3.8, 4) is 0 Å². The van der Waals surface area contributed by atoms with Gasteiger partial charge in [-0.25, -0.2) is 18.2 Å². The molecule has 1 aromatic heterocycles. The zero-order valence-electron chi connectivity index (χ0n) is 12.3. The maximum Gasteiger partial charge on any atom is 0.169 e. The van der Waals surface area contributed by atoms with Crippen molar-refractivity contribution in [1.29, 1.82) is 0 Å². The van der Waals surface area contributed by atoms with Crippen molar-refractivity contribution in [1.82, 2.24) is 25.0 Å². The van der Waals surface area contributed by atoms with E-state index in [0.29, 0.717) is 24.3 Å². The minimum Gasteiger partial charge on any atom is -0.368 e. The summed E-state index contributed by atoms with van der Waals surface area (Å²) in [6.45, 7) is 4.20. The summed E-state index contributed by atoms with van der Waals surface area (Å²) in [5.41, 5.74) is 0.0180. The predicted molar refractivity (Wildman–Crippen MR) is 74.8 cm³/mol. The Morgan fingerprint density at radius 3 is 2.59 bits per heavy atom. The summed E-state index contributed by atoms with van der Waals surface area (Å²) in [6, 6.07) is 1.35. The largest absolute Gasteiger partial charge is 0.368 e. The van der Waals surface area contributed by atoms with E-state index in [-0.39, 0.29) is 12.1 Å². The number of benzene rings is 1. The van der Waals surface area contributed by atoms with Gasteiger partial charge in [-0.3, -0.25) is 4.68 Å². The first kappa shape index (κ1) is 15.9. The molecular weight excluding hydrogens is 295 g/mol. The molecule has 0 bridgehead atoms. The molecule has 0 fully saturated rings. The van der Waals surface area contributed by atoms with Gasteiger partial charge in [0.05, 0.1) is 12.4 Å². The normalized spacial score (nSPS) is 10.6. The number of nitrogens with one attached hydrogen (secondary N) is 1. The van der Waals surface area contributed by atoms with Crippen LogP contribution in [0.25, 0.3) is 0 Å². The lowest BCUT2D eigenvalue weighted by molar-refractivity contribution is 0.366. The zero-order chi connectivity index (χ0) is 16.3. The Hall–Kier alpha value is -2.51. The predicted octanol–water partition coefficient (Wildman–Crippen LogP) is 1.93. The molecular formula is C14H16F3N5. The van der Waals surface area contributed by atoms with Crippen molar-refractivity contribution in [3.63, 3.8) is 0 Å². The van der Waals surface area contributed by atoms with Gasteiger partial charge in [-0.1, -0.05) is 6.58 Å². The van der Waals surface area contributed by atoms with E-state index in [2.05, 4.69) is 22.0 Å². The van der Waals surface area contributed by atoms with Crippen LogP contribution in [-0.4, -0.2) is 26.7 Å². The van der Waals surface area contributed by atoms with Crippen LogP contribution in [0.5, 0.6) is 0 Å². The molecule has 1 N–H and O–H groups in total. The third kappa shape index (κ3) is 3.78. The highest BCUT2D eigenvalue weighted by atomic mass is 19.2. The summed E-state index contributed by atoms with van der Waals surface area (Å²) in [5.74, 6) is -2.02. The Morgan fingerprint density at radius 2 is 1.95 bits per heavy atom. The van der Waals surface area contributed by atoms with Crippen molar-refractivity contribution >= 4 is 0 Å². The third-order valence-corrected chi connectivity index (χ3v) is 3.06. The quantitative estimate of drug-likeness (QED) is 0.828. The van der Waals surface area contributed by atoms with Crippen molar-refractivity contribution in [3.05, 3.63) is 59.7 Å². The molecule has 1 heterocycles. The molecule has 22 heavy (non-hydrogen) atoms. The van der Waals surface area contributed by atoms with Crippen LogP contribution in [0.3, 0.4) is 0 Å². The van der Waals surface area contributed by atoms with E-state index in [0.717, 1.165) is 6.07 Å². The van der Waals surface area contributed by atoms with Gasteiger partial charge >= 0.3 is 0 Å². The van der Waals surface area contributed by atoms with Gasteiger partial charge in [-0.2, -0.15) is 5.10 Å². The number of hydrogen-bond acceptors (Lipinski definition) is 4. The van der Waals surface area contributed by atoms with Gasteiger partial charge in [0.2, 0.25) is 0 Å². The molecule has 0 saturated carbocycles. The smallest absolute Gasteiger partial charge is 0.169 e. The maximum atomic E-state index is 13.5. The minimum atomic E-state index is -1.21. The third-order valence-electron chi connectivity index (χ3n) is 3.06. The molecule has 8 heteroatoms. The summed E-state index contributed by atoms with van der Waals surface area (Å²) in [7, 11) is 3.52. The molecule has 0 amide bonds. The summed E-state index contributed by atoms with van der Waals surface area (Å²) in [4.78, 5) is 5.81. The molecule has 0 radical (unpaired) electrons. The van der Waals surface area contributed by atoms with E-state index in [9.17, 15) is 13.2 Å². The average molecular weight is 311 g/mol. The Bertz CT molecular complexity index is 683. The monoisotopic (exact) mass is 311 g/mol. The van der Waals surface area contributed by atoms with Gasteiger partial charge < -0.3 is 10.2 Å². The van der Waals surface area contributed by atoms with Crippen molar-refractivity contribution in [2.24, 2.45) is 7.05 Å². The Kier molecular flexibility index (Phi) is 4.69. The first-order valence-corrected chi connectivity index (χ1v) is 6.48. The lowest BCUT2D eigenvalue weighted by atomic mass is 10.2. The molecule has 2 rings (SSSR count). The van der Waals surface area contributed by atoms with Gasteiger partial charge in [0.1, 0.15) is 12.1 Å². The number of aromatic nitrogens is 3. The molecule has 0 atom stereocenters. The number of halogens is 3. The van der Waals surface area contributed by atoms with E-state index in [4.69, 9.17) is 0 Å². The molecule has 0 aliphatic rings. The van der Waals surface area contributed by atoms with Crippen LogP contribution in [0.15, 0.2) is 30.9 Å². The lowest BCUT2D eigenvalue weighted by Gasteiger charge is -2.21. The highest BCUT2D eigenvalue weighted by Gasteiger charge is 2.11. The second kappa shape index (κ2) is 6.50. The van der Waals surface area contributed by atoms with Crippen LogP contribution in [0.4, 0.5) is 13.2 Å². The van der Waals surface area contributed by atoms with Crippen LogP contribution in [-0.2, 0) is 20.1 Å². The second-order valence-electron chi connectivity index (χ2n) is 4.85. The molecule has 2 aromatic rings. The molecule has 0 aliphatic heterocycles. The summed E-state index contributed by atoms with van der Waals surface area (Å²) in [5, 5.41) is 6.98. The van der Waals surface area contributed by atoms with Gasteiger partial charge in [0.25, 0.3) is 0 Å². The van der Waals surface area contributed by atoms with Gasteiger partial charge in [-0.05, 0) is 6.07 Å². The Balaban J connectivity index is 1.93. The van der Waals surface area contributed by atoms with E-state index >= 15 is 0 Å². The van der Waals surface area contributed by atoms with Crippen LogP contribution in [0.1, 0.15) is 11.4 Å². The Labute approximate surface area is 126 Å². The lowest BCUT2D eigenvalue weighted by Crippen LogP contribution is -2.28. The van der Waals surface area contributed by atoms with Crippen molar-refractivity contribution in [2.75, 3.05) is 7.05 Å². The molecule has 0 saturated heterocycles. The van der Waals surface area contributed by atoms with Gasteiger partial charge in [0.15, 0.2) is 17.5 Å². The first-order chi connectivity index (χ1) is 10.4. The zero-order valence-corrected chi connectivity index (χ0v) is 12.3. The summed E-state index contributed by atoms with van der Waals surface area (Å²) >= 11 is 0. The minimum absolute atomic E-state index is 0.0121. The molecule has 1 aromatic carbocycles. The van der Waals surface area contributed by atoms with E-state index in [1.54, 1.807) is 30.0 Å². The average Bonchev–Trinajstić information content (AvgIpc) is 2.86. The number of aryl methyl sites for hydroxylation is 1. The fourth-order valence-corrected chi connectivity index (χ4v) is 1.80. The summed E-state index contributed by atoms with van der Waals surface area (Å²) in [6.07, 6.45) is 1.58. The van der Waals surface area contributed by atoms with Gasteiger partial charge in [-0.15, -0.1) is 0 Å². The van der Waals surface area contributed by atoms with E-state index < -0.39 is 17.5 Å². The maximum absolute atomic E-state index is 13.5. The fraction of sp³-hybridized carbons (Fsp3) is 0.286. The molecule has 0 aliphatic carbocycles. The van der Waals surface area contributed by atoms with Crippen LogP contribution < -0.4 is 5.32 Å². The first-order valence-electron chi connectivity index (χ1n) is 6.48. The van der Waals surface area contributed by atoms with Crippen LogP contribution in [0, 0.1) is 17.5 Å². The van der Waals surface area contributed by atoms with E-state index in [1.165, 1.54) is 0 Å². The number of hydrogen-bond donors (Lipinski definition) is 1. The summed E-state index contributed by atoms with van der Waals surface area (Å²) < 4.78 is 41.1. The van der Waals surface area contributed by atoms with Crippen LogP contribution >= 0.6 is 0 Å². The highest BCUT2D eigenvalue weighted by molar-refractivity contribution is 5.20. The fourth-order valence-electron chi connectivity index (χ4n) is 1.80. The van der Waals surface area contributed by atoms with Crippen LogP contribution in [0.2, 0.25) is 0 Å². The standard InChI is InChI=1S/C14H16F3N5/c1-9(21(2)7-14-19-8-22(3)20-14)18-6-10-4-12(16)13(17)5-11(10)15/h4-5,8,18H,1,6-7H2,2-3H3. The Morgan fingerprint density at radius 1 is 1.27 bits per heavy atom. The second-order valence-corrected chi connectivity index (χ2v) is 4.85. The van der Waals surface area contributed by atoms with Gasteiger partial charge in [0, 0.05) is 32.3 Å². The van der Waals surface area contributed by atoms with Crippen molar-refractivity contribution in [2.45, 2.75) is 13.1 Å². The molecule has 118 valence electrons. The van der Waals surface area contributed by atoms with Crippen molar-refractivity contribution < 1.29 is 13.2 Å². The topological polar surface area (TPSA) is 46.0 Å². The SMILES string of the molecule is C=C(NCc1cc(F)c(F)cc1F)N(C)Cc1ncn(C)n1. The molecule has 0 spiro atoms. The highest BCUT2D eigenvalue weighted by Crippen LogP contribution is 2.14. The molecule has 5 nitrogen and oxygen atoms in total.